The Bertz CT molecular complexity index is 534. The summed E-state index contributed by atoms with van der Waals surface area (Å²) < 4.78 is 24.8. The monoisotopic (exact) mass is 328 g/mol. The lowest BCUT2D eigenvalue weighted by Gasteiger charge is -2.33. The third kappa shape index (κ3) is 3.32. The number of amides is 1. The minimum absolute atomic E-state index is 0.0450. The van der Waals surface area contributed by atoms with Crippen LogP contribution in [0.2, 0.25) is 0 Å². The van der Waals surface area contributed by atoms with E-state index in [1.807, 2.05) is 0 Å². The Balaban J connectivity index is 1.55. The first kappa shape index (κ1) is 16.2. The summed E-state index contributed by atoms with van der Waals surface area (Å²) in [5, 5.41) is 3.19. The van der Waals surface area contributed by atoms with Crippen molar-refractivity contribution in [3.8, 4) is 0 Å². The van der Waals surface area contributed by atoms with Gasteiger partial charge in [-0.25, -0.2) is 12.7 Å². The quantitative estimate of drug-likeness (QED) is 0.852. The van der Waals surface area contributed by atoms with Crippen LogP contribution in [0.1, 0.15) is 45.4 Å². The van der Waals surface area contributed by atoms with Gasteiger partial charge >= 0.3 is 0 Å². The molecule has 6 heteroatoms. The van der Waals surface area contributed by atoms with Crippen molar-refractivity contribution in [2.24, 2.45) is 23.7 Å². The Morgan fingerprint density at radius 2 is 2.00 bits per heavy atom. The number of hydrogen-bond acceptors (Lipinski definition) is 3. The van der Waals surface area contributed by atoms with Gasteiger partial charge in [-0.2, -0.15) is 0 Å². The van der Waals surface area contributed by atoms with E-state index < -0.39 is 10.0 Å². The van der Waals surface area contributed by atoms with E-state index in [4.69, 9.17) is 0 Å². The fourth-order valence-corrected chi connectivity index (χ4v) is 5.72. The summed E-state index contributed by atoms with van der Waals surface area (Å²) in [6.45, 7) is 3.01. The standard InChI is InChI=1S/C16H28N2O3S/c1-11(15-9-12-5-6-13(15)8-12)17-16(19)14-4-3-7-18(10-14)22(2,20)21/h11-15H,3-10H2,1-2H3,(H,17,19). The van der Waals surface area contributed by atoms with Gasteiger partial charge in [0.25, 0.3) is 0 Å². The summed E-state index contributed by atoms with van der Waals surface area (Å²) in [5.74, 6) is 2.15. The van der Waals surface area contributed by atoms with Gasteiger partial charge in [-0.05, 0) is 56.8 Å². The average molecular weight is 328 g/mol. The molecule has 0 radical (unpaired) electrons. The highest BCUT2D eigenvalue weighted by Gasteiger charge is 2.42. The molecule has 0 aromatic carbocycles. The van der Waals surface area contributed by atoms with Crippen LogP contribution in [0, 0.1) is 23.7 Å². The summed E-state index contributed by atoms with van der Waals surface area (Å²) in [6.07, 6.45) is 8.08. The summed E-state index contributed by atoms with van der Waals surface area (Å²) in [5.41, 5.74) is 0. The van der Waals surface area contributed by atoms with Crippen LogP contribution < -0.4 is 5.32 Å². The lowest BCUT2D eigenvalue weighted by Crippen LogP contribution is -2.48. The second kappa shape index (κ2) is 6.11. The van der Waals surface area contributed by atoms with Gasteiger partial charge in [0, 0.05) is 19.1 Å². The molecular weight excluding hydrogens is 300 g/mol. The molecule has 1 heterocycles. The summed E-state index contributed by atoms with van der Waals surface area (Å²) in [6, 6.07) is 0.219. The minimum Gasteiger partial charge on any atom is -0.353 e. The Kier molecular flexibility index (Phi) is 4.52. The van der Waals surface area contributed by atoms with Crippen molar-refractivity contribution in [2.45, 2.75) is 51.5 Å². The lowest BCUT2D eigenvalue weighted by molar-refractivity contribution is -0.127. The molecule has 3 aliphatic rings. The van der Waals surface area contributed by atoms with Crippen molar-refractivity contribution in [3.63, 3.8) is 0 Å². The van der Waals surface area contributed by atoms with E-state index in [0.29, 0.717) is 19.0 Å². The maximum atomic E-state index is 12.5. The smallest absolute Gasteiger partial charge is 0.224 e. The average Bonchev–Trinajstić information content (AvgIpc) is 3.09. The van der Waals surface area contributed by atoms with Crippen LogP contribution in [0.15, 0.2) is 0 Å². The number of nitrogens with zero attached hydrogens (tertiary/aromatic N) is 1. The molecule has 22 heavy (non-hydrogen) atoms. The molecular formula is C16H28N2O3S. The van der Waals surface area contributed by atoms with Crippen LogP contribution in [-0.4, -0.2) is 44.0 Å². The molecule has 0 aromatic heterocycles. The number of carbonyl (C=O) groups excluding carboxylic acids is 1. The molecule has 1 N–H and O–H groups in total. The summed E-state index contributed by atoms with van der Waals surface area (Å²) in [7, 11) is -3.19. The van der Waals surface area contributed by atoms with Gasteiger partial charge in [-0.3, -0.25) is 4.79 Å². The molecule has 1 aliphatic heterocycles. The van der Waals surface area contributed by atoms with Gasteiger partial charge in [-0.15, -0.1) is 0 Å². The van der Waals surface area contributed by atoms with Crippen LogP contribution in [0.25, 0.3) is 0 Å². The van der Waals surface area contributed by atoms with Crippen LogP contribution in [-0.2, 0) is 14.8 Å². The second-order valence-electron chi connectivity index (χ2n) is 7.60. The lowest BCUT2D eigenvalue weighted by atomic mass is 9.83. The number of rotatable bonds is 4. The van der Waals surface area contributed by atoms with Crippen molar-refractivity contribution in [3.05, 3.63) is 0 Å². The predicted octanol–water partition coefficient (Wildman–Crippen LogP) is 1.60. The molecule has 2 bridgehead atoms. The molecule has 3 fully saturated rings. The molecule has 5 unspecified atom stereocenters. The van der Waals surface area contributed by atoms with E-state index in [2.05, 4.69) is 12.2 Å². The number of hydrogen-bond donors (Lipinski definition) is 1. The third-order valence-electron chi connectivity index (χ3n) is 6.03. The van der Waals surface area contributed by atoms with Gasteiger partial charge in [0.2, 0.25) is 15.9 Å². The largest absolute Gasteiger partial charge is 0.353 e. The number of carbonyl (C=O) groups is 1. The van der Waals surface area contributed by atoms with Gasteiger partial charge in [0.1, 0.15) is 0 Å². The van der Waals surface area contributed by atoms with Crippen molar-refractivity contribution in [1.82, 2.24) is 9.62 Å². The molecule has 0 spiro atoms. The van der Waals surface area contributed by atoms with Crippen LogP contribution in [0.4, 0.5) is 0 Å². The van der Waals surface area contributed by atoms with E-state index in [1.54, 1.807) is 0 Å². The van der Waals surface area contributed by atoms with Crippen LogP contribution >= 0.6 is 0 Å². The van der Waals surface area contributed by atoms with Crippen molar-refractivity contribution in [1.29, 1.82) is 0 Å². The Morgan fingerprint density at radius 1 is 1.23 bits per heavy atom. The summed E-state index contributed by atoms with van der Waals surface area (Å²) in [4.78, 5) is 12.5. The first-order valence-corrected chi connectivity index (χ1v) is 10.4. The highest BCUT2D eigenvalue weighted by Crippen LogP contribution is 2.49. The number of fused-ring (bicyclic) bond motifs is 2. The molecule has 0 aromatic rings. The molecule has 5 atom stereocenters. The van der Waals surface area contributed by atoms with Gasteiger partial charge in [0.15, 0.2) is 0 Å². The maximum Gasteiger partial charge on any atom is 0.224 e. The topological polar surface area (TPSA) is 66.5 Å². The third-order valence-corrected chi connectivity index (χ3v) is 7.30. The SMILES string of the molecule is CC(NC(=O)C1CCCN(S(C)(=O)=O)C1)C1CC2CCC1C2. The molecule has 3 rings (SSSR count). The highest BCUT2D eigenvalue weighted by atomic mass is 32.2. The molecule has 126 valence electrons. The van der Waals surface area contributed by atoms with Gasteiger partial charge in [-0.1, -0.05) is 6.42 Å². The highest BCUT2D eigenvalue weighted by molar-refractivity contribution is 7.88. The molecule has 2 saturated carbocycles. The first-order chi connectivity index (χ1) is 10.3. The molecule has 5 nitrogen and oxygen atoms in total. The van der Waals surface area contributed by atoms with E-state index in [9.17, 15) is 13.2 Å². The molecule has 1 saturated heterocycles. The molecule has 1 amide bonds. The van der Waals surface area contributed by atoms with Crippen LogP contribution in [0.3, 0.4) is 0 Å². The zero-order valence-electron chi connectivity index (χ0n) is 13.6. The van der Waals surface area contributed by atoms with Crippen LogP contribution in [0.5, 0.6) is 0 Å². The number of sulfonamides is 1. The number of nitrogens with one attached hydrogen (secondary N) is 1. The zero-order valence-corrected chi connectivity index (χ0v) is 14.4. The Morgan fingerprint density at radius 3 is 2.59 bits per heavy atom. The first-order valence-electron chi connectivity index (χ1n) is 8.60. The second-order valence-corrected chi connectivity index (χ2v) is 9.58. The maximum absolute atomic E-state index is 12.5. The van der Waals surface area contributed by atoms with E-state index in [-0.39, 0.29) is 17.9 Å². The zero-order chi connectivity index (χ0) is 15.9. The fraction of sp³-hybridized carbons (Fsp3) is 0.938. The molecule has 2 aliphatic carbocycles. The van der Waals surface area contributed by atoms with Gasteiger partial charge in [0.05, 0.1) is 12.2 Å². The normalized spacial score (nSPS) is 37.2. The van der Waals surface area contributed by atoms with Crippen molar-refractivity contribution < 1.29 is 13.2 Å². The number of piperidine rings is 1. The fourth-order valence-electron chi connectivity index (χ4n) is 4.81. The van der Waals surface area contributed by atoms with Crippen molar-refractivity contribution >= 4 is 15.9 Å². The van der Waals surface area contributed by atoms with E-state index in [0.717, 1.165) is 24.7 Å². The summed E-state index contributed by atoms with van der Waals surface area (Å²) >= 11 is 0. The van der Waals surface area contributed by atoms with E-state index in [1.165, 1.54) is 36.2 Å². The Hall–Kier alpha value is -0.620. The Labute approximate surface area is 133 Å². The minimum atomic E-state index is -3.19. The van der Waals surface area contributed by atoms with Gasteiger partial charge < -0.3 is 5.32 Å². The van der Waals surface area contributed by atoms with Crippen molar-refractivity contribution in [2.75, 3.05) is 19.3 Å². The van der Waals surface area contributed by atoms with E-state index >= 15 is 0 Å². The predicted molar refractivity (Wildman–Crippen MR) is 85.7 cm³/mol.